The van der Waals surface area contributed by atoms with Crippen LogP contribution in [0.15, 0.2) is 0 Å². The molecule has 0 aliphatic rings. The van der Waals surface area contributed by atoms with E-state index in [9.17, 15) is 0 Å². The summed E-state index contributed by atoms with van der Waals surface area (Å²) < 4.78 is 0. The normalized spacial score (nSPS) is 15.4. The number of hydrogen-bond acceptors (Lipinski definition) is 6. The molecule has 0 amide bonds. The van der Waals surface area contributed by atoms with Crippen molar-refractivity contribution in [3.8, 4) is 0 Å². The first kappa shape index (κ1) is 14.8. The summed E-state index contributed by atoms with van der Waals surface area (Å²) in [5.41, 5.74) is 5.34. The molecule has 1 atom stereocenters. The van der Waals surface area contributed by atoms with Crippen LogP contribution in [0.1, 0.15) is 39.0 Å². The lowest BCUT2D eigenvalue weighted by Gasteiger charge is -2.34. The van der Waals surface area contributed by atoms with Crippen molar-refractivity contribution in [2.75, 3.05) is 0 Å². The van der Waals surface area contributed by atoms with Crippen molar-refractivity contribution in [2.24, 2.45) is 5.73 Å². The van der Waals surface area contributed by atoms with Gasteiger partial charge < -0.3 is 31.3 Å². The smallest absolute Gasteiger partial charge is 0.334 e. The zero-order valence-electron chi connectivity index (χ0n) is 8.93. The minimum absolute atomic E-state index is 0.191. The fraction of sp³-hybridized carbons (Fsp3) is 1.00. The average Bonchev–Trinajstić information content (AvgIpc) is 2.10. The van der Waals surface area contributed by atoms with Gasteiger partial charge in [0.2, 0.25) is 0 Å². The molecule has 15 heavy (non-hydrogen) atoms. The molecule has 0 saturated carbocycles. The molecular formula is C9H21NO5. The molecule has 0 aromatic rings. The Morgan fingerprint density at radius 2 is 1.53 bits per heavy atom. The maximum absolute atomic E-state index is 9.16. The topological polar surface area (TPSA) is 127 Å². The van der Waals surface area contributed by atoms with E-state index in [1.807, 2.05) is 6.92 Å². The van der Waals surface area contributed by atoms with E-state index in [0.29, 0.717) is 6.42 Å². The molecule has 0 aliphatic carbocycles. The maximum Gasteiger partial charge on any atom is 0.334 e. The van der Waals surface area contributed by atoms with Crippen molar-refractivity contribution in [3.05, 3.63) is 0 Å². The molecule has 0 aromatic heterocycles. The second kappa shape index (κ2) is 5.74. The van der Waals surface area contributed by atoms with Gasteiger partial charge in [-0.3, -0.25) is 0 Å². The molecular weight excluding hydrogens is 202 g/mol. The third kappa shape index (κ3) is 4.42. The van der Waals surface area contributed by atoms with Crippen LogP contribution in [0, 0.1) is 0 Å². The van der Waals surface area contributed by atoms with Gasteiger partial charge in [-0.25, -0.2) is 0 Å². The molecule has 0 aliphatic heterocycles. The third-order valence-electron chi connectivity index (χ3n) is 2.38. The summed E-state index contributed by atoms with van der Waals surface area (Å²) in [7, 11) is 0. The van der Waals surface area contributed by atoms with E-state index in [1.54, 1.807) is 0 Å². The van der Waals surface area contributed by atoms with Crippen LogP contribution in [0.3, 0.4) is 0 Å². The Morgan fingerprint density at radius 1 is 1.00 bits per heavy atom. The van der Waals surface area contributed by atoms with Gasteiger partial charge in [0.1, 0.15) is 0 Å². The summed E-state index contributed by atoms with van der Waals surface area (Å²) in [4.78, 5) is 0. The van der Waals surface area contributed by atoms with Crippen LogP contribution in [0.25, 0.3) is 0 Å². The molecule has 0 rings (SSSR count). The highest BCUT2D eigenvalue weighted by molar-refractivity contribution is 4.84. The van der Waals surface area contributed by atoms with E-state index in [1.165, 1.54) is 0 Å². The summed E-state index contributed by atoms with van der Waals surface area (Å²) >= 11 is 0. The molecule has 6 nitrogen and oxygen atoms in total. The monoisotopic (exact) mass is 223 g/mol. The lowest BCUT2D eigenvalue weighted by molar-refractivity contribution is -0.451. The van der Waals surface area contributed by atoms with Gasteiger partial charge in [0, 0.05) is 0 Å². The van der Waals surface area contributed by atoms with Gasteiger partial charge >= 0.3 is 5.97 Å². The molecule has 7 N–H and O–H groups in total. The van der Waals surface area contributed by atoms with E-state index in [0.717, 1.165) is 19.3 Å². The highest BCUT2D eigenvalue weighted by atomic mass is 16.7. The molecule has 0 aromatic carbocycles. The van der Waals surface area contributed by atoms with Crippen molar-refractivity contribution in [1.82, 2.24) is 0 Å². The minimum atomic E-state index is -3.60. The molecule has 0 spiro atoms. The van der Waals surface area contributed by atoms with Crippen molar-refractivity contribution in [1.29, 1.82) is 0 Å². The summed E-state index contributed by atoms with van der Waals surface area (Å²) in [6.45, 7) is 2.03. The van der Waals surface area contributed by atoms with Gasteiger partial charge in [-0.2, -0.15) is 0 Å². The van der Waals surface area contributed by atoms with Gasteiger partial charge in [-0.1, -0.05) is 32.6 Å². The number of rotatable bonds is 7. The zero-order chi connectivity index (χ0) is 12.1. The first-order valence-electron chi connectivity index (χ1n) is 5.11. The molecule has 6 heteroatoms. The predicted molar refractivity (Wildman–Crippen MR) is 53.3 cm³/mol. The van der Waals surface area contributed by atoms with E-state index >= 15 is 0 Å². The van der Waals surface area contributed by atoms with E-state index in [2.05, 4.69) is 0 Å². The molecule has 0 radical (unpaired) electrons. The maximum atomic E-state index is 9.16. The molecule has 0 bridgehead atoms. The van der Waals surface area contributed by atoms with Gasteiger partial charge in [0.15, 0.2) is 0 Å². The Labute approximate surface area is 89.0 Å². The molecule has 1 unspecified atom stereocenters. The average molecular weight is 223 g/mol. The summed E-state index contributed by atoms with van der Waals surface area (Å²) in [6.07, 6.45) is 3.72. The molecule has 0 heterocycles. The third-order valence-corrected chi connectivity index (χ3v) is 2.38. The zero-order valence-corrected chi connectivity index (χ0v) is 8.93. The Hall–Kier alpha value is -0.240. The largest absolute Gasteiger partial charge is 0.358 e. The second-order valence-corrected chi connectivity index (χ2v) is 3.82. The Bertz CT molecular complexity index is 178. The Morgan fingerprint density at radius 3 is 1.93 bits per heavy atom. The van der Waals surface area contributed by atoms with Crippen LogP contribution in [0.4, 0.5) is 0 Å². The fourth-order valence-corrected chi connectivity index (χ4v) is 1.24. The molecule has 0 fully saturated rings. The van der Waals surface area contributed by atoms with Crippen molar-refractivity contribution in [2.45, 2.75) is 56.8 Å². The first-order chi connectivity index (χ1) is 6.73. The predicted octanol–water partition coefficient (Wildman–Crippen LogP) is -1.40. The minimum Gasteiger partial charge on any atom is -0.358 e. The first-order valence-corrected chi connectivity index (χ1v) is 5.11. The molecule has 0 saturated heterocycles. The van der Waals surface area contributed by atoms with Crippen LogP contribution in [-0.4, -0.2) is 43.3 Å². The lowest BCUT2D eigenvalue weighted by Crippen LogP contribution is -2.64. The number of hydrogen-bond donors (Lipinski definition) is 6. The van der Waals surface area contributed by atoms with E-state index in [4.69, 9.17) is 31.3 Å². The second-order valence-electron chi connectivity index (χ2n) is 3.82. The van der Waals surface area contributed by atoms with E-state index < -0.39 is 17.8 Å². The lowest BCUT2D eigenvalue weighted by atomic mass is 9.99. The van der Waals surface area contributed by atoms with Gasteiger partial charge in [0.05, 0.1) is 6.04 Å². The quantitative estimate of drug-likeness (QED) is 0.233. The van der Waals surface area contributed by atoms with Crippen molar-refractivity contribution >= 4 is 0 Å². The molecule has 92 valence electrons. The number of aliphatic hydroxyl groups is 5. The summed E-state index contributed by atoms with van der Waals surface area (Å²) in [5.74, 6) is -6.71. The van der Waals surface area contributed by atoms with Gasteiger partial charge in [0.25, 0.3) is 5.79 Å². The highest BCUT2D eigenvalue weighted by Gasteiger charge is 2.50. The van der Waals surface area contributed by atoms with E-state index in [-0.39, 0.29) is 6.42 Å². The standard InChI is InChI=1S/C9H21NO5/c1-2-3-4-5-6-7(10)8(11,12)9(13,14)15/h7,11-15H,2-6,10H2,1H3. The van der Waals surface area contributed by atoms with Crippen LogP contribution in [-0.2, 0) is 0 Å². The Kier molecular flexibility index (Phi) is 5.65. The van der Waals surface area contributed by atoms with Crippen LogP contribution in [0.2, 0.25) is 0 Å². The van der Waals surface area contributed by atoms with Crippen LogP contribution >= 0.6 is 0 Å². The van der Waals surface area contributed by atoms with Crippen LogP contribution in [0.5, 0.6) is 0 Å². The summed E-state index contributed by atoms with van der Waals surface area (Å²) in [6, 6.07) is -1.31. The van der Waals surface area contributed by atoms with Crippen molar-refractivity contribution < 1.29 is 25.5 Å². The van der Waals surface area contributed by atoms with Crippen molar-refractivity contribution in [3.63, 3.8) is 0 Å². The number of unbranched alkanes of at least 4 members (excludes halogenated alkanes) is 3. The summed E-state index contributed by atoms with van der Waals surface area (Å²) in [5, 5.41) is 44.3. The number of nitrogens with two attached hydrogens (primary N) is 1. The van der Waals surface area contributed by atoms with Gasteiger partial charge in [-0.15, -0.1) is 0 Å². The van der Waals surface area contributed by atoms with Gasteiger partial charge in [-0.05, 0) is 6.42 Å². The van der Waals surface area contributed by atoms with Crippen LogP contribution < -0.4 is 5.73 Å². The SMILES string of the molecule is CCCCCCC(N)C(O)(O)C(O)(O)O. The Balaban J connectivity index is 4.03. The highest BCUT2D eigenvalue weighted by Crippen LogP contribution is 2.20. The fourth-order valence-electron chi connectivity index (χ4n) is 1.24.